The lowest BCUT2D eigenvalue weighted by molar-refractivity contribution is -0.192. The first-order chi connectivity index (χ1) is 15.0. The summed E-state index contributed by atoms with van der Waals surface area (Å²) in [5.74, 6) is -0.409. The number of likely N-dealkylation sites (tertiary alicyclic amines) is 1. The van der Waals surface area contributed by atoms with Crippen molar-refractivity contribution in [3.8, 4) is 11.5 Å². The molecule has 32 heavy (non-hydrogen) atoms. The van der Waals surface area contributed by atoms with Gasteiger partial charge in [0.2, 0.25) is 16.8 Å². The molecule has 9 nitrogen and oxygen atoms in total. The normalized spacial score (nSPS) is 24.7. The summed E-state index contributed by atoms with van der Waals surface area (Å²) in [6.07, 6.45) is -4.88. The average molecular weight is 482 g/mol. The molecule has 13 heteroatoms. The van der Waals surface area contributed by atoms with Crippen molar-refractivity contribution in [1.29, 1.82) is 0 Å². The van der Waals surface area contributed by atoms with E-state index < -0.39 is 22.2 Å². The maximum Gasteiger partial charge on any atom is 0.490 e. The van der Waals surface area contributed by atoms with Crippen LogP contribution in [0.5, 0.6) is 11.5 Å². The maximum atomic E-state index is 11.7. The Labute approximate surface area is 183 Å². The van der Waals surface area contributed by atoms with E-state index in [-0.39, 0.29) is 24.6 Å². The number of sulfonamides is 1. The zero-order valence-electron chi connectivity index (χ0n) is 17.3. The number of hydrogen-bond donors (Lipinski definition) is 2. The highest BCUT2D eigenvalue weighted by atomic mass is 32.2. The van der Waals surface area contributed by atoms with Crippen molar-refractivity contribution in [2.24, 2.45) is 11.8 Å². The number of fused-ring (bicyclic) bond motifs is 2. The van der Waals surface area contributed by atoms with E-state index >= 15 is 0 Å². The fraction of sp³-hybridized carbons (Fsp3) is 0.632. The molecule has 4 rings (SSSR count). The van der Waals surface area contributed by atoms with Crippen LogP contribution in [0, 0.1) is 11.8 Å². The number of alkyl halides is 3. The fourth-order valence-electron chi connectivity index (χ4n) is 3.85. The Hall–Kier alpha value is -2.09. The molecule has 1 aromatic carbocycles. The molecule has 2 fully saturated rings. The molecule has 0 saturated carbocycles. The van der Waals surface area contributed by atoms with E-state index in [4.69, 9.17) is 24.1 Å². The van der Waals surface area contributed by atoms with E-state index in [1.54, 1.807) is 6.92 Å². The highest BCUT2D eigenvalue weighted by Crippen LogP contribution is 2.36. The molecule has 2 saturated heterocycles. The van der Waals surface area contributed by atoms with Gasteiger partial charge >= 0.3 is 12.1 Å². The third kappa shape index (κ3) is 6.24. The first-order valence-corrected chi connectivity index (χ1v) is 11.6. The standard InChI is InChI=1S/C17H24N2O5S.C2HF3O2/c1-2-25(20,21)18-6-13-10-22-17-9-19(8-14(13)17)7-12-3-4-15-16(5-12)24-11-23-15;3-2(4,5)1(6)7/h3-5,13-14,17-18H,2,6-11H2,1H3;(H,6,7)/t13-,14+,17+;/m0./s1. The monoisotopic (exact) mass is 482 g/mol. The van der Waals surface area contributed by atoms with Gasteiger partial charge in [0.1, 0.15) is 0 Å². The number of rotatable bonds is 6. The minimum Gasteiger partial charge on any atom is -0.475 e. The quantitative estimate of drug-likeness (QED) is 0.626. The summed E-state index contributed by atoms with van der Waals surface area (Å²) >= 11 is 0. The minimum atomic E-state index is -5.08. The largest absolute Gasteiger partial charge is 0.490 e. The minimum absolute atomic E-state index is 0.116. The van der Waals surface area contributed by atoms with Gasteiger partial charge in [0, 0.05) is 38.0 Å². The zero-order chi connectivity index (χ0) is 23.5. The SMILES string of the molecule is CCS(=O)(=O)NC[C@H]1CO[C@@H]2CN(Cc3ccc4c(c3)OCO4)C[C@H]12.O=C(O)C(F)(F)F. The first kappa shape index (κ1) is 24.6. The molecule has 3 heterocycles. The van der Waals surface area contributed by atoms with Gasteiger partial charge in [0.05, 0.1) is 18.5 Å². The van der Waals surface area contributed by atoms with Crippen LogP contribution >= 0.6 is 0 Å². The molecule has 0 radical (unpaired) electrons. The lowest BCUT2D eigenvalue weighted by atomic mass is 9.93. The summed E-state index contributed by atoms with van der Waals surface area (Å²) in [5, 5.41) is 7.12. The van der Waals surface area contributed by atoms with Crippen LogP contribution in [0.2, 0.25) is 0 Å². The number of halogens is 3. The summed E-state index contributed by atoms with van der Waals surface area (Å²) in [7, 11) is -3.15. The fourth-order valence-corrected chi connectivity index (χ4v) is 4.52. The van der Waals surface area contributed by atoms with Crippen molar-refractivity contribution >= 4 is 16.0 Å². The van der Waals surface area contributed by atoms with Crippen molar-refractivity contribution in [3.63, 3.8) is 0 Å². The number of aliphatic carboxylic acids is 1. The van der Waals surface area contributed by atoms with Crippen LogP contribution in [0.4, 0.5) is 13.2 Å². The van der Waals surface area contributed by atoms with Gasteiger partial charge in [-0.25, -0.2) is 17.9 Å². The van der Waals surface area contributed by atoms with Gasteiger partial charge < -0.3 is 19.3 Å². The van der Waals surface area contributed by atoms with Crippen LogP contribution in [-0.2, 0) is 26.1 Å². The third-order valence-electron chi connectivity index (χ3n) is 5.55. The molecule has 3 aliphatic rings. The van der Waals surface area contributed by atoms with Gasteiger partial charge in [-0.2, -0.15) is 13.2 Å². The van der Waals surface area contributed by atoms with Crippen molar-refractivity contribution in [1.82, 2.24) is 9.62 Å². The average Bonchev–Trinajstić information content (AvgIpc) is 3.42. The number of benzene rings is 1. The number of nitrogens with zero attached hydrogens (tertiary/aromatic N) is 1. The van der Waals surface area contributed by atoms with Crippen LogP contribution < -0.4 is 14.2 Å². The van der Waals surface area contributed by atoms with Crippen LogP contribution in [0.1, 0.15) is 12.5 Å². The van der Waals surface area contributed by atoms with E-state index in [0.29, 0.717) is 19.1 Å². The van der Waals surface area contributed by atoms with Crippen molar-refractivity contribution in [3.05, 3.63) is 23.8 Å². The Bertz CT molecular complexity index is 926. The van der Waals surface area contributed by atoms with Crippen LogP contribution in [0.3, 0.4) is 0 Å². The van der Waals surface area contributed by atoms with Crippen LogP contribution in [-0.4, -0.2) is 75.5 Å². The molecule has 180 valence electrons. The second-order valence-corrected chi connectivity index (χ2v) is 9.83. The third-order valence-corrected chi connectivity index (χ3v) is 6.91. The van der Waals surface area contributed by atoms with Gasteiger partial charge in [0.15, 0.2) is 11.5 Å². The van der Waals surface area contributed by atoms with E-state index in [9.17, 15) is 21.6 Å². The van der Waals surface area contributed by atoms with Gasteiger partial charge in [-0.05, 0) is 24.6 Å². The summed E-state index contributed by atoms with van der Waals surface area (Å²) in [6.45, 7) is 5.69. The molecule has 3 atom stereocenters. The highest BCUT2D eigenvalue weighted by Gasteiger charge is 2.43. The molecule has 0 unspecified atom stereocenters. The molecule has 0 bridgehead atoms. The van der Waals surface area contributed by atoms with Gasteiger partial charge in [-0.1, -0.05) is 6.07 Å². The molecule has 3 aliphatic heterocycles. The van der Waals surface area contributed by atoms with E-state index in [1.165, 1.54) is 5.56 Å². The molecule has 2 N–H and O–H groups in total. The van der Waals surface area contributed by atoms with E-state index in [2.05, 4.69) is 15.7 Å². The lowest BCUT2D eigenvalue weighted by Gasteiger charge is -2.20. The van der Waals surface area contributed by atoms with Gasteiger partial charge in [0.25, 0.3) is 0 Å². The lowest BCUT2D eigenvalue weighted by Crippen LogP contribution is -2.34. The molecule has 0 aliphatic carbocycles. The zero-order valence-corrected chi connectivity index (χ0v) is 18.1. The highest BCUT2D eigenvalue weighted by molar-refractivity contribution is 7.89. The maximum absolute atomic E-state index is 11.7. The van der Waals surface area contributed by atoms with E-state index in [0.717, 1.165) is 31.1 Å². The smallest absolute Gasteiger partial charge is 0.475 e. The van der Waals surface area contributed by atoms with Crippen LogP contribution in [0.25, 0.3) is 0 Å². The molecule has 0 amide bonds. The van der Waals surface area contributed by atoms with Gasteiger partial charge in [-0.3, -0.25) is 4.90 Å². The number of ether oxygens (including phenoxy) is 3. The summed E-state index contributed by atoms with van der Waals surface area (Å²) in [6, 6.07) is 6.05. The van der Waals surface area contributed by atoms with E-state index in [1.807, 2.05) is 12.1 Å². The van der Waals surface area contributed by atoms with Crippen molar-refractivity contribution in [2.75, 3.05) is 38.8 Å². The number of carbonyl (C=O) groups is 1. The summed E-state index contributed by atoms with van der Waals surface area (Å²) in [4.78, 5) is 11.3. The Balaban J connectivity index is 0.000000360. The first-order valence-electron chi connectivity index (χ1n) is 9.98. The number of hydrogen-bond acceptors (Lipinski definition) is 7. The van der Waals surface area contributed by atoms with Crippen molar-refractivity contribution < 1.29 is 45.7 Å². The topological polar surface area (TPSA) is 114 Å². The molecular weight excluding hydrogens is 457 g/mol. The number of nitrogens with one attached hydrogen (secondary N) is 1. The Morgan fingerprint density at radius 1 is 1.25 bits per heavy atom. The van der Waals surface area contributed by atoms with Crippen molar-refractivity contribution in [2.45, 2.75) is 25.7 Å². The predicted octanol–water partition coefficient (Wildman–Crippen LogP) is 1.43. The summed E-state index contributed by atoms with van der Waals surface area (Å²) < 4.78 is 74.5. The Kier molecular flexibility index (Phi) is 7.53. The summed E-state index contributed by atoms with van der Waals surface area (Å²) in [5.41, 5.74) is 1.19. The Morgan fingerprint density at radius 2 is 1.94 bits per heavy atom. The van der Waals surface area contributed by atoms with Gasteiger partial charge in [-0.15, -0.1) is 0 Å². The molecule has 0 spiro atoms. The number of carboxylic acids is 1. The Morgan fingerprint density at radius 3 is 2.59 bits per heavy atom. The second-order valence-electron chi connectivity index (χ2n) is 7.73. The molecule has 1 aromatic rings. The number of carboxylic acid groups (broad SMARTS) is 1. The predicted molar refractivity (Wildman–Crippen MR) is 106 cm³/mol. The second kappa shape index (κ2) is 9.81. The van der Waals surface area contributed by atoms with Crippen LogP contribution in [0.15, 0.2) is 18.2 Å². The molecule has 0 aromatic heterocycles. The molecular formula is C19H25F3N2O7S.